The van der Waals surface area contributed by atoms with Crippen molar-refractivity contribution in [2.75, 3.05) is 38.6 Å². The highest BCUT2D eigenvalue weighted by Gasteiger charge is 2.17. The number of hydrogen-bond acceptors (Lipinski definition) is 9. The van der Waals surface area contributed by atoms with E-state index >= 15 is 0 Å². The lowest BCUT2D eigenvalue weighted by Gasteiger charge is -2.29. The van der Waals surface area contributed by atoms with Crippen LogP contribution in [-0.2, 0) is 0 Å². The molecule has 9 nitrogen and oxygen atoms in total. The number of aliphatic hydroxyl groups is 1. The summed E-state index contributed by atoms with van der Waals surface area (Å²) in [6.07, 6.45) is 10.7. The number of nitrogens with two attached hydrogens (primary N) is 2. The van der Waals surface area contributed by atoms with Crippen LogP contribution in [0.1, 0.15) is 32.3 Å². The maximum absolute atomic E-state index is 9.11. The van der Waals surface area contributed by atoms with Crippen LogP contribution in [0.15, 0.2) is 59.3 Å². The minimum atomic E-state index is 0.199. The van der Waals surface area contributed by atoms with Crippen molar-refractivity contribution in [2.45, 2.75) is 32.7 Å². The van der Waals surface area contributed by atoms with Crippen molar-refractivity contribution < 1.29 is 5.11 Å². The fraction of sp³-hybridized carbons (Fsp3) is 0.423. The first-order chi connectivity index (χ1) is 17.0. The molecule has 0 radical (unpaired) electrons. The molecule has 0 atom stereocenters. The molecule has 0 amide bonds. The Labute approximate surface area is 207 Å². The van der Waals surface area contributed by atoms with E-state index in [2.05, 4.69) is 34.4 Å². The summed E-state index contributed by atoms with van der Waals surface area (Å²) in [4.78, 5) is 16.3. The lowest BCUT2D eigenvalue weighted by molar-refractivity contribution is 0.165. The SMILES string of the molecule is CNC(=CC(=CN)C(C)C)Nc1ccc2ncc(C(C=NC3CCN(CCO)CC3)=CN)cc2n1. The van der Waals surface area contributed by atoms with E-state index in [1.807, 2.05) is 37.5 Å². The van der Waals surface area contributed by atoms with Crippen molar-refractivity contribution in [1.82, 2.24) is 20.2 Å². The highest BCUT2D eigenvalue weighted by molar-refractivity contribution is 6.10. The van der Waals surface area contributed by atoms with E-state index in [9.17, 15) is 0 Å². The number of pyridine rings is 2. The van der Waals surface area contributed by atoms with Gasteiger partial charge in [-0.05, 0) is 54.8 Å². The fourth-order valence-corrected chi connectivity index (χ4v) is 3.95. The van der Waals surface area contributed by atoms with Crippen LogP contribution in [0, 0.1) is 5.92 Å². The second kappa shape index (κ2) is 12.9. The van der Waals surface area contributed by atoms with Gasteiger partial charge in [0.1, 0.15) is 11.6 Å². The summed E-state index contributed by atoms with van der Waals surface area (Å²) < 4.78 is 0. The Morgan fingerprint density at radius 3 is 2.63 bits per heavy atom. The molecular formula is C26H38N8O. The van der Waals surface area contributed by atoms with Gasteiger partial charge in [-0.15, -0.1) is 0 Å². The van der Waals surface area contributed by atoms with Crippen LogP contribution in [0.2, 0.25) is 0 Å². The Kier molecular flexibility index (Phi) is 9.63. The zero-order chi connectivity index (χ0) is 25.2. The van der Waals surface area contributed by atoms with Gasteiger partial charge in [0.15, 0.2) is 0 Å². The van der Waals surface area contributed by atoms with Gasteiger partial charge in [-0.2, -0.15) is 0 Å². The molecule has 0 unspecified atom stereocenters. The average Bonchev–Trinajstić information content (AvgIpc) is 2.87. The van der Waals surface area contributed by atoms with Crippen molar-refractivity contribution in [2.24, 2.45) is 22.4 Å². The van der Waals surface area contributed by atoms with Gasteiger partial charge in [0.25, 0.3) is 0 Å². The molecule has 2 aromatic heterocycles. The Bertz CT molecular complexity index is 1100. The second-order valence-corrected chi connectivity index (χ2v) is 8.91. The Morgan fingerprint density at radius 1 is 1.23 bits per heavy atom. The molecule has 0 saturated carbocycles. The molecule has 3 heterocycles. The summed E-state index contributed by atoms with van der Waals surface area (Å²) in [5.74, 6) is 1.79. The van der Waals surface area contributed by atoms with Gasteiger partial charge in [0.2, 0.25) is 0 Å². The summed E-state index contributed by atoms with van der Waals surface area (Å²) in [6.45, 7) is 7.01. The number of aliphatic imine (C=N–C) groups is 1. The molecule has 0 spiro atoms. The molecule has 35 heavy (non-hydrogen) atoms. The molecule has 0 bridgehead atoms. The van der Waals surface area contributed by atoms with Gasteiger partial charge in [0, 0.05) is 56.4 Å². The van der Waals surface area contributed by atoms with Crippen molar-refractivity contribution in [3.05, 3.63) is 59.8 Å². The highest BCUT2D eigenvalue weighted by Crippen LogP contribution is 2.21. The third kappa shape index (κ3) is 7.27. The third-order valence-corrected chi connectivity index (χ3v) is 6.15. The summed E-state index contributed by atoms with van der Waals surface area (Å²) >= 11 is 0. The molecule has 1 saturated heterocycles. The number of aliphatic hydroxyl groups excluding tert-OH is 1. The van der Waals surface area contributed by atoms with Gasteiger partial charge in [-0.3, -0.25) is 9.98 Å². The largest absolute Gasteiger partial charge is 0.404 e. The zero-order valence-electron chi connectivity index (χ0n) is 20.9. The second-order valence-electron chi connectivity index (χ2n) is 8.91. The molecule has 9 heteroatoms. The smallest absolute Gasteiger partial charge is 0.132 e. The number of allylic oxidation sites excluding steroid dienone is 3. The molecule has 1 fully saturated rings. The van der Waals surface area contributed by atoms with Crippen LogP contribution in [-0.4, -0.2) is 65.5 Å². The number of hydrogen-bond donors (Lipinski definition) is 5. The zero-order valence-corrected chi connectivity index (χ0v) is 20.9. The molecule has 0 aliphatic carbocycles. The molecular weight excluding hydrogens is 440 g/mol. The predicted molar refractivity (Wildman–Crippen MR) is 145 cm³/mol. The number of fused-ring (bicyclic) bond motifs is 1. The van der Waals surface area contributed by atoms with Gasteiger partial charge in [-0.25, -0.2) is 4.98 Å². The minimum Gasteiger partial charge on any atom is -0.404 e. The van der Waals surface area contributed by atoms with Crippen molar-refractivity contribution in [1.29, 1.82) is 0 Å². The van der Waals surface area contributed by atoms with Gasteiger partial charge < -0.3 is 32.1 Å². The first-order valence-corrected chi connectivity index (χ1v) is 12.1. The number of anilines is 1. The van der Waals surface area contributed by atoms with Crippen molar-refractivity contribution >= 4 is 28.6 Å². The topological polar surface area (TPSA) is 138 Å². The number of piperidine rings is 1. The highest BCUT2D eigenvalue weighted by atomic mass is 16.3. The first kappa shape index (κ1) is 26.2. The van der Waals surface area contributed by atoms with E-state index in [0.717, 1.165) is 66.0 Å². The Balaban J connectivity index is 1.76. The Morgan fingerprint density at radius 2 is 2.00 bits per heavy atom. The molecule has 2 aromatic rings. The van der Waals surface area contributed by atoms with Gasteiger partial charge in [0.05, 0.1) is 23.7 Å². The number of nitrogens with one attached hydrogen (secondary N) is 2. The minimum absolute atomic E-state index is 0.199. The van der Waals surface area contributed by atoms with Crippen molar-refractivity contribution in [3.63, 3.8) is 0 Å². The van der Waals surface area contributed by atoms with E-state index < -0.39 is 0 Å². The number of β-amino-alcohol motifs (C(OH)–C–C–N with tert-alkyl or cyclic N) is 1. The Hall–Kier alpha value is -3.43. The third-order valence-electron chi connectivity index (χ3n) is 6.15. The monoisotopic (exact) mass is 478 g/mol. The van der Waals surface area contributed by atoms with E-state index in [1.165, 1.54) is 0 Å². The van der Waals surface area contributed by atoms with E-state index in [1.54, 1.807) is 18.6 Å². The van der Waals surface area contributed by atoms with Crippen LogP contribution in [0.25, 0.3) is 16.6 Å². The molecule has 1 aliphatic rings. The van der Waals surface area contributed by atoms with Crippen LogP contribution in [0.3, 0.4) is 0 Å². The molecule has 1 aliphatic heterocycles. The molecule has 0 aromatic carbocycles. The number of nitrogens with zero attached hydrogens (tertiary/aromatic N) is 4. The van der Waals surface area contributed by atoms with Crippen LogP contribution in [0.5, 0.6) is 0 Å². The maximum Gasteiger partial charge on any atom is 0.132 e. The number of aromatic nitrogens is 2. The van der Waals surface area contributed by atoms with E-state index in [4.69, 9.17) is 26.6 Å². The quantitative estimate of drug-likeness (QED) is 0.259. The fourth-order valence-electron chi connectivity index (χ4n) is 3.95. The summed E-state index contributed by atoms with van der Waals surface area (Å²) in [6, 6.07) is 6.06. The van der Waals surface area contributed by atoms with Gasteiger partial charge in [-0.1, -0.05) is 13.8 Å². The average molecular weight is 479 g/mol. The maximum atomic E-state index is 9.11. The van der Waals surface area contributed by atoms with Crippen molar-refractivity contribution in [3.8, 4) is 0 Å². The van der Waals surface area contributed by atoms with Crippen LogP contribution < -0.4 is 22.1 Å². The van der Waals surface area contributed by atoms with Crippen LogP contribution >= 0.6 is 0 Å². The summed E-state index contributed by atoms with van der Waals surface area (Å²) in [5.41, 5.74) is 16.0. The summed E-state index contributed by atoms with van der Waals surface area (Å²) in [5, 5.41) is 15.6. The summed E-state index contributed by atoms with van der Waals surface area (Å²) in [7, 11) is 1.85. The predicted octanol–water partition coefficient (Wildman–Crippen LogP) is 2.43. The number of likely N-dealkylation sites (tertiary alicyclic amines) is 1. The normalized spacial score (nSPS) is 17.0. The van der Waals surface area contributed by atoms with E-state index in [0.29, 0.717) is 11.7 Å². The number of rotatable bonds is 10. The molecule has 7 N–H and O–H groups in total. The molecule has 188 valence electrons. The van der Waals surface area contributed by atoms with Crippen LogP contribution in [0.4, 0.5) is 5.82 Å². The molecule has 3 rings (SSSR count). The lowest BCUT2D eigenvalue weighted by Crippen LogP contribution is -2.37. The first-order valence-electron chi connectivity index (χ1n) is 12.1. The van der Waals surface area contributed by atoms with Gasteiger partial charge >= 0.3 is 0 Å². The van der Waals surface area contributed by atoms with E-state index in [-0.39, 0.29) is 12.6 Å². The standard InChI is InChI=1S/C26H38N8O/c1-18(2)19(14-27)13-26(29-3)33-25-5-4-23-24(32-25)12-20(16-31-23)21(15-28)17-30-22-6-8-34(9-7-22)10-11-35/h4-5,12-18,22,29,35H,6-11,27-28H2,1-3H3,(H,32,33). The lowest BCUT2D eigenvalue weighted by atomic mass is 10.0.